The smallest absolute Gasteiger partial charge is 0.248 e. The van der Waals surface area contributed by atoms with Gasteiger partial charge >= 0.3 is 0 Å². The topological polar surface area (TPSA) is 110 Å². The summed E-state index contributed by atoms with van der Waals surface area (Å²) in [6, 6.07) is 10.9. The molecule has 0 aliphatic carbocycles. The zero-order valence-corrected chi connectivity index (χ0v) is 13.6. The van der Waals surface area contributed by atoms with E-state index < -0.39 is 15.9 Å². The largest absolute Gasteiger partial charge is 0.366 e. The molecule has 0 spiro atoms. The SMILES string of the molecule is CNS(=O)(=O)c1cccc(N2C(=O)Cc3cc(C(N)=O)ccc32)c1. The van der Waals surface area contributed by atoms with E-state index in [1.165, 1.54) is 24.1 Å². The molecule has 24 heavy (non-hydrogen) atoms. The number of carbonyl (C=O) groups is 2. The van der Waals surface area contributed by atoms with Crippen molar-refractivity contribution in [1.29, 1.82) is 0 Å². The van der Waals surface area contributed by atoms with Crippen LogP contribution in [0.3, 0.4) is 0 Å². The number of hydrogen-bond acceptors (Lipinski definition) is 4. The first kappa shape index (κ1) is 16.2. The van der Waals surface area contributed by atoms with E-state index in [9.17, 15) is 18.0 Å². The molecular weight excluding hydrogens is 330 g/mol. The molecule has 2 aromatic rings. The first-order chi connectivity index (χ1) is 11.3. The van der Waals surface area contributed by atoms with Crippen LogP contribution in [0.25, 0.3) is 0 Å². The summed E-state index contributed by atoms with van der Waals surface area (Å²) in [6.45, 7) is 0. The van der Waals surface area contributed by atoms with Crippen molar-refractivity contribution in [3.8, 4) is 0 Å². The summed E-state index contributed by atoms with van der Waals surface area (Å²) in [5.41, 5.74) is 7.33. The fraction of sp³-hybridized carbons (Fsp3) is 0.125. The lowest BCUT2D eigenvalue weighted by atomic mass is 10.1. The highest BCUT2D eigenvalue weighted by atomic mass is 32.2. The monoisotopic (exact) mass is 345 g/mol. The Morgan fingerprint density at radius 1 is 1.21 bits per heavy atom. The summed E-state index contributed by atoms with van der Waals surface area (Å²) in [5, 5.41) is 0. The van der Waals surface area contributed by atoms with E-state index in [1.807, 2.05) is 0 Å². The third-order valence-electron chi connectivity index (χ3n) is 3.85. The Morgan fingerprint density at radius 2 is 1.96 bits per heavy atom. The Bertz CT molecular complexity index is 954. The van der Waals surface area contributed by atoms with Crippen LogP contribution in [0.1, 0.15) is 15.9 Å². The molecule has 0 bridgehead atoms. The number of hydrogen-bond donors (Lipinski definition) is 2. The minimum Gasteiger partial charge on any atom is -0.366 e. The number of nitrogens with two attached hydrogens (primary N) is 1. The maximum Gasteiger partial charge on any atom is 0.248 e. The third-order valence-corrected chi connectivity index (χ3v) is 5.26. The van der Waals surface area contributed by atoms with Gasteiger partial charge in [0.1, 0.15) is 0 Å². The van der Waals surface area contributed by atoms with E-state index in [0.29, 0.717) is 22.5 Å². The second-order valence-electron chi connectivity index (χ2n) is 5.32. The van der Waals surface area contributed by atoms with Crippen LogP contribution in [-0.4, -0.2) is 27.3 Å². The number of carbonyl (C=O) groups excluding carboxylic acids is 2. The summed E-state index contributed by atoms with van der Waals surface area (Å²) >= 11 is 0. The first-order valence-corrected chi connectivity index (χ1v) is 8.61. The van der Waals surface area contributed by atoms with Crippen molar-refractivity contribution in [2.45, 2.75) is 11.3 Å². The molecule has 3 rings (SSSR count). The van der Waals surface area contributed by atoms with Crippen molar-refractivity contribution in [2.75, 3.05) is 11.9 Å². The van der Waals surface area contributed by atoms with Crippen LogP contribution in [0.2, 0.25) is 0 Å². The number of primary amides is 1. The van der Waals surface area contributed by atoms with Crippen molar-refractivity contribution in [3.05, 3.63) is 53.6 Å². The number of nitrogens with zero attached hydrogens (tertiary/aromatic N) is 1. The van der Waals surface area contributed by atoms with Crippen molar-refractivity contribution >= 4 is 33.2 Å². The van der Waals surface area contributed by atoms with Crippen LogP contribution in [0.15, 0.2) is 47.4 Å². The van der Waals surface area contributed by atoms with Crippen molar-refractivity contribution in [2.24, 2.45) is 5.73 Å². The maximum absolute atomic E-state index is 12.4. The van der Waals surface area contributed by atoms with Crippen LogP contribution in [-0.2, 0) is 21.2 Å². The Kier molecular flexibility index (Phi) is 3.86. The number of sulfonamides is 1. The minimum atomic E-state index is -3.61. The van der Waals surface area contributed by atoms with Gasteiger partial charge in [0.15, 0.2) is 0 Å². The molecule has 0 saturated carbocycles. The van der Waals surface area contributed by atoms with Gasteiger partial charge in [-0.15, -0.1) is 0 Å². The molecule has 0 aromatic heterocycles. The zero-order chi connectivity index (χ0) is 17.5. The van der Waals surface area contributed by atoms with Crippen LogP contribution >= 0.6 is 0 Å². The van der Waals surface area contributed by atoms with Crippen LogP contribution in [0, 0.1) is 0 Å². The normalized spacial score (nSPS) is 13.9. The molecule has 1 aliphatic heterocycles. The van der Waals surface area contributed by atoms with E-state index in [0.717, 1.165) is 0 Å². The molecule has 2 aromatic carbocycles. The molecule has 0 saturated heterocycles. The Hall–Kier alpha value is -2.71. The number of benzene rings is 2. The van der Waals surface area contributed by atoms with Crippen LogP contribution in [0.4, 0.5) is 11.4 Å². The van der Waals surface area contributed by atoms with Gasteiger partial charge in [-0.3, -0.25) is 14.5 Å². The molecule has 2 amide bonds. The van der Waals surface area contributed by atoms with Crippen molar-refractivity contribution in [1.82, 2.24) is 4.72 Å². The summed E-state index contributed by atoms with van der Waals surface area (Å²) in [6.07, 6.45) is 0.124. The van der Waals surface area contributed by atoms with Gasteiger partial charge < -0.3 is 5.73 Å². The number of rotatable bonds is 4. The number of fused-ring (bicyclic) bond motifs is 1. The Labute approximate surface area is 139 Å². The predicted octanol–water partition coefficient (Wildman–Crippen LogP) is 0.914. The fourth-order valence-corrected chi connectivity index (χ4v) is 3.43. The molecule has 1 heterocycles. The van der Waals surface area contributed by atoms with Gasteiger partial charge in [-0.2, -0.15) is 0 Å². The van der Waals surface area contributed by atoms with Gasteiger partial charge in [0, 0.05) is 5.56 Å². The molecule has 0 unspecified atom stereocenters. The maximum atomic E-state index is 12.4. The third kappa shape index (κ3) is 2.66. The quantitative estimate of drug-likeness (QED) is 0.858. The van der Waals surface area contributed by atoms with Crippen molar-refractivity contribution in [3.63, 3.8) is 0 Å². The Balaban J connectivity index is 2.08. The van der Waals surface area contributed by atoms with Gasteiger partial charge in [0.25, 0.3) is 0 Å². The molecule has 0 atom stereocenters. The molecule has 0 fully saturated rings. The first-order valence-electron chi connectivity index (χ1n) is 7.13. The van der Waals surface area contributed by atoms with Crippen LogP contribution in [0.5, 0.6) is 0 Å². The van der Waals surface area contributed by atoms with Gasteiger partial charge in [0.05, 0.1) is 22.7 Å². The molecule has 3 N–H and O–H groups in total. The predicted molar refractivity (Wildman–Crippen MR) is 88.5 cm³/mol. The van der Waals surface area contributed by atoms with E-state index in [1.54, 1.807) is 30.3 Å². The highest BCUT2D eigenvalue weighted by molar-refractivity contribution is 7.89. The molecule has 0 radical (unpaired) electrons. The van der Waals surface area contributed by atoms with Gasteiger partial charge in [-0.1, -0.05) is 6.07 Å². The number of amides is 2. The lowest BCUT2D eigenvalue weighted by Crippen LogP contribution is -2.22. The average molecular weight is 345 g/mol. The number of anilines is 2. The zero-order valence-electron chi connectivity index (χ0n) is 12.8. The van der Waals surface area contributed by atoms with Gasteiger partial charge in [-0.25, -0.2) is 13.1 Å². The molecule has 124 valence electrons. The van der Waals surface area contributed by atoms with Gasteiger partial charge in [0.2, 0.25) is 21.8 Å². The Morgan fingerprint density at radius 3 is 2.62 bits per heavy atom. The van der Waals surface area contributed by atoms with E-state index in [4.69, 9.17) is 5.73 Å². The highest BCUT2D eigenvalue weighted by Crippen LogP contribution is 2.36. The molecule has 8 heteroatoms. The van der Waals surface area contributed by atoms with E-state index in [-0.39, 0.29) is 17.2 Å². The molecular formula is C16H15N3O4S. The van der Waals surface area contributed by atoms with E-state index >= 15 is 0 Å². The summed E-state index contributed by atoms with van der Waals surface area (Å²) in [5.74, 6) is -0.767. The van der Waals surface area contributed by atoms with Gasteiger partial charge in [-0.05, 0) is 49.0 Å². The number of nitrogens with one attached hydrogen (secondary N) is 1. The summed E-state index contributed by atoms with van der Waals surface area (Å²) in [7, 11) is -2.29. The standard InChI is InChI=1S/C16H15N3O4S/c1-18-24(22,23)13-4-2-3-12(9-13)19-14-6-5-10(16(17)21)7-11(14)8-15(19)20/h2-7,9,18H,8H2,1H3,(H2,17,21). The molecule has 1 aliphatic rings. The highest BCUT2D eigenvalue weighted by Gasteiger charge is 2.29. The van der Waals surface area contributed by atoms with Crippen molar-refractivity contribution < 1.29 is 18.0 Å². The summed E-state index contributed by atoms with van der Waals surface area (Å²) in [4.78, 5) is 25.2. The minimum absolute atomic E-state index is 0.0671. The second-order valence-corrected chi connectivity index (χ2v) is 7.21. The molecule has 7 nitrogen and oxygen atoms in total. The second kappa shape index (κ2) is 5.73. The summed E-state index contributed by atoms with van der Waals surface area (Å²) < 4.78 is 26.1. The average Bonchev–Trinajstić information content (AvgIpc) is 2.89. The lowest BCUT2D eigenvalue weighted by molar-refractivity contribution is -0.116. The van der Waals surface area contributed by atoms with Crippen LogP contribution < -0.4 is 15.4 Å². The fourth-order valence-electron chi connectivity index (χ4n) is 2.67. The lowest BCUT2D eigenvalue weighted by Gasteiger charge is -2.18. The van der Waals surface area contributed by atoms with E-state index in [2.05, 4.69) is 4.72 Å².